The van der Waals surface area contributed by atoms with Gasteiger partial charge in [0.25, 0.3) is 0 Å². The number of benzene rings is 2. The van der Waals surface area contributed by atoms with Crippen molar-refractivity contribution in [1.29, 1.82) is 0 Å². The zero-order valence-electron chi connectivity index (χ0n) is 24.8. The number of carbonyl (C=O) groups excluding carboxylic acids is 3. The van der Waals surface area contributed by atoms with Crippen molar-refractivity contribution in [3.8, 4) is 11.5 Å². The molecular formula is C31H34NO11P. The van der Waals surface area contributed by atoms with E-state index in [4.69, 9.17) is 13.8 Å². The van der Waals surface area contributed by atoms with Crippen LogP contribution in [0.4, 0.5) is 0 Å². The number of phenolic OH excluding ortho intramolecular Hbond substituents is 1. The lowest BCUT2D eigenvalue weighted by molar-refractivity contribution is -0.152. The maximum Gasteiger partial charge on any atom is 0.416 e. The SMILES string of the molecule is COP(=O)(COC1=C(C(C)=O)C(=O)C2(O)C(O)=C3C(=O)c4c(O)cccc4C(C)(O)C3CC2C1N(C)C)Oc1ccccc1. The van der Waals surface area contributed by atoms with E-state index in [0.29, 0.717) is 0 Å². The van der Waals surface area contributed by atoms with E-state index in [0.717, 1.165) is 14.0 Å². The van der Waals surface area contributed by atoms with Gasteiger partial charge in [-0.1, -0.05) is 30.3 Å². The Labute approximate surface area is 253 Å². The Morgan fingerprint density at radius 1 is 1.07 bits per heavy atom. The maximum absolute atomic E-state index is 14.1. The lowest BCUT2D eigenvalue weighted by Gasteiger charge is -2.53. The van der Waals surface area contributed by atoms with Crippen molar-refractivity contribution in [2.75, 3.05) is 27.6 Å². The summed E-state index contributed by atoms with van der Waals surface area (Å²) in [4.78, 5) is 42.3. The molecule has 0 heterocycles. The monoisotopic (exact) mass is 627 g/mol. The quantitative estimate of drug-likeness (QED) is 0.248. The number of hydrogen-bond donors (Lipinski definition) is 4. The summed E-state index contributed by atoms with van der Waals surface area (Å²) >= 11 is 0. The van der Waals surface area contributed by atoms with Crippen molar-refractivity contribution >= 4 is 24.9 Å². The molecule has 4 N–H and O–H groups in total. The van der Waals surface area contributed by atoms with E-state index in [9.17, 15) is 39.4 Å². The number of phenols is 1. The largest absolute Gasteiger partial charge is 0.508 e. The number of ketones is 3. The summed E-state index contributed by atoms with van der Waals surface area (Å²) in [6.45, 7) is 2.49. The Balaban J connectivity index is 1.65. The van der Waals surface area contributed by atoms with Crippen LogP contribution < -0.4 is 4.52 Å². The normalized spacial score (nSPS) is 29.5. The molecule has 13 heteroatoms. The van der Waals surface area contributed by atoms with E-state index in [1.54, 1.807) is 49.3 Å². The van der Waals surface area contributed by atoms with Gasteiger partial charge in [-0.15, -0.1) is 0 Å². The summed E-state index contributed by atoms with van der Waals surface area (Å²) in [6.07, 6.45) is -0.939. The van der Waals surface area contributed by atoms with E-state index in [1.807, 2.05) is 0 Å². The number of hydrogen-bond acceptors (Lipinski definition) is 12. The van der Waals surface area contributed by atoms with E-state index in [1.165, 1.54) is 25.1 Å². The summed E-state index contributed by atoms with van der Waals surface area (Å²) in [5.41, 5.74) is -5.77. The Morgan fingerprint density at radius 3 is 2.32 bits per heavy atom. The van der Waals surface area contributed by atoms with E-state index >= 15 is 0 Å². The molecule has 2 aromatic rings. The van der Waals surface area contributed by atoms with Gasteiger partial charge in [-0.3, -0.25) is 19.3 Å². The first-order valence-electron chi connectivity index (χ1n) is 13.8. The highest BCUT2D eigenvalue weighted by Crippen LogP contribution is 2.57. The molecule has 3 aliphatic carbocycles. The number of aliphatic hydroxyl groups excluding tert-OH is 1. The van der Waals surface area contributed by atoms with Gasteiger partial charge in [0, 0.05) is 24.5 Å². The van der Waals surface area contributed by atoms with Crippen molar-refractivity contribution in [1.82, 2.24) is 4.90 Å². The van der Waals surface area contributed by atoms with Gasteiger partial charge < -0.3 is 34.2 Å². The van der Waals surface area contributed by atoms with Gasteiger partial charge in [-0.2, -0.15) is 0 Å². The molecule has 0 bridgehead atoms. The first-order valence-corrected chi connectivity index (χ1v) is 15.6. The van der Waals surface area contributed by atoms with Crippen molar-refractivity contribution in [2.24, 2.45) is 11.8 Å². The second-order valence-corrected chi connectivity index (χ2v) is 13.6. The molecule has 44 heavy (non-hydrogen) atoms. The minimum Gasteiger partial charge on any atom is -0.508 e. The number of ether oxygens (including phenoxy) is 1. The van der Waals surface area contributed by atoms with Gasteiger partial charge in [0.05, 0.1) is 17.2 Å². The molecule has 0 aliphatic heterocycles. The molecule has 0 saturated heterocycles. The Bertz CT molecular complexity index is 1660. The van der Waals surface area contributed by atoms with E-state index < -0.39 is 83.0 Å². The molecular weight excluding hydrogens is 593 g/mol. The average molecular weight is 628 g/mol. The molecule has 0 aromatic heterocycles. The van der Waals surface area contributed by atoms with Crippen LogP contribution in [0.15, 0.2) is 71.2 Å². The number of Topliss-reactive ketones (excluding diaryl/α,β-unsaturated/α-hetero) is 3. The molecule has 6 atom stereocenters. The minimum absolute atomic E-state index is 0.119. The highest BCUT2D eigenvalue weighted by Gasteiger charge is 2.65. The molecule has 0 fully saturated rings. The van der Waals surface area contributed by atoms with E-state index in [2.05, 4.69) is 0 Å². The van der Waals surface area contributed by atoms with Crippen molar-refractivity contribution < 1.29 is 53.2 Å². The lowest BCUT2D eigenvalue weighted by Crippen LogP contribution is -2.64. The Morgan fingerprint density at radius 2 is 1.73 bits per heavy atom. The third-order valence-corrected chi connectivity index (χ3v) is 10.2. The first kappa shape index (κ1) is 31.6. The van der Waals surface area contributed by atoms with Crippen molar-refractivity contribution in [2.45, 2.75) is 37.5 Å². The van der Waals surface area contributed by atoms with Crippen molar-refractivity contribution in [3.05, 3.63) is 82.3 Å². The zero-order chi connectivity index (χ0) is 32.4. The number of fused-ring (bicyclic) bond motifs is 3. The van der Waals surface area contributed by atoms with Gasteiger partial charge in [-0.05, 0) is 58.1 Å². The topological polar surface area (TPSA) is 180 Å². The van der Waals surface area contributed by atoms with Gasteiger partial charge in [0.2, 0.25) is 5.78 Å². The molecule has 0 saturated carbocycles. The number of aliphatic hydroxyl groups is 3. The Kier molecular flexibility index (Phi) is 7.89. The number of aromatic hydroxyl groups is 1. The summed E-state index contributed by atoms with van der Waals surface area (Å²) in [7, 11) is 0.328. The fourth-order valence-electron chi connectivity index (χ4n) is 6.65. The molecule has 5 rings (SSSR count). The van der Waals surface area contributed by atoms with Crippen LogP contribution in [0.25, 0.3) is 0 Å². The predicted molar refractivity (Wildman–Crippen MR) is 156 cm³/mol. The lowest BCUT2D eigenvalue weighted by atomic mass is 9.55. The number of nitrogens with zero attached hydrogens (tertiary/aromatic N) is 1. The fourth-order valence-corrected chi connectivity index (χ4v) is 7.62. The molecule has 0 amide bonds. The third-order valence-electron chi connectivity index (χ3n) is 8.75. The second kappa shape index (κ2) is 11.0. The summed E-state index contributed by atoms with van der Waals surface area (Å²) in [5.74, 6) is -6.74. The summed E-state index contributed by atoms with van der Waals surface area (Å²) < 4.78 is 30.2. The third kappa shape index (κ3) is 4.69. The highest BCUT2D eigenvalue weighted by atomic mass is 31.2. The van der Waals surface area contributed by atoms with Gasteiger partial charge in [0.15, 0.2) is 23.5 Å². The predicted octanol–water partition coefficient (Wildman–Crippen LogP) is 3.22. The van der Waals surface area contributed by atoms with Crippen LogP contribution >= 0.6 is 7.60 Å². The number of carbonyl (C=O) groups is 3. The fraction of sp³-hybridized carbons (Fsp3) is 0.387. The summed E-state index contributed by atoms with van der Waals surface area (Å²) in [5, 5.41) is 46.0. The molecule has 12 nitrogen and oxygen atoms in total. The Hall–Kier alpha value is -3.80. The molecule has 3 aliphatic rings. The smallest absolute Gasteiger partial charge is 0.416 e. The molecule has 234 valence electrons. The van der Waals surface area contributed by atoms with Crippen LogP contribution in [0.1, 0.15) is 36.2 Å². The molecule has 2 aromatic carbocycles. The standard InChI is InChI=1S/C31H34NO11P/c1-16(33)22-27(42-15-44(40,41-5)43-17-10-7-6-8-11-17)25(32(3)4)20-14-19-24(29(37)31(20,39)28(22)36)26(35)23-18(30(19,2)38)12-9-13-21(23)34/h6-13,19-20,25,34,37-39H,14-15H2,1-5H3. The van der Waals surface area contributed by atoms with Crippen molar-refractivity contribution in [3.63, 3.8) is 0 Å². The highest BCUT2D eigenvalue weighted by molar-refractivity contribution is 7.54. The minimum atomic E-state index is -4.01. The number of para-hydroxylation sites is 1. The van der Waals surface area contributed by atoms with Crippen LogP contribution in [0.3, 0.4) is 0 Å². The number of likely N-dealkylation sites (N-methyl/N-ethyl adjacent to an activating group) is 1. The van der Waals surface area contributed by atoms with Crippen LogP contribution in [0, 0.1) is 11.8 Å². The van der Waals surface area contributed by atoms with Gasteiger partial charge >= 0.3 is 7.60 Å². The van der Waals surface area contributed by atoms with Crippen LogP contribution in [-0.4, -0.2) is 81.9 Å². The first-order chi connectivity index (χ1) is 20.6. The number of rotatable bonds is 8. The zero-order valence-corrected chi connectivity index (χ0v) is 25.7. The molecule has 0 spiro atoms. The van der Waals surface area contributed by atoms with Crippen LogP contribution in [-0.2, 0) is 29.0 Å². The van der Waals surface area contributed by atoms with Crippen LogP contribution in [0.5, 0.6) is 11.5 Å². The molecule has 6 unspecified atom stereocenters. The molecule has 0 radical (unpaired) electrons. The van der Waals surface area contributed by atoms with Gasteiger partial charge in [0.1, 0.15) is 28.6 Å². The summed E-state index contributed by atoms with van der Waals surface area (Å²) in [6, 6.07) is 11.3. The van der Waals surface area contributed by atoms with Gasteiger partial charge in [-0.25, -0.2) is 4.57 Å². The van der Waals surface area contributed by atoms with E-state index in [-0.39, 0.29) is 29.1 Å². The second-order valence-electron chi connectivity index (χ2n) is 11.6. The average Bonchev–Trinajstić information content (AvgIpc) is 2.96. The maximum atomic E-state index is 14.1. The van der Waals surface area contributed by atoms with Crippen LogP contribution in [0.2, 0.25) is 0 Å².